The van der Waals surface area contributed by atoms with Crippen molar-refractivity contribution < 1.29 is 18.0 Å². The summed E-state index contributed by atoms with van der Waals surface area (Å²) in [5, 5.41) is 2.49. The number of rotatable bonds is 2. The fraction of sp³-hybridized carbons (Fsp3) is 0.167. The van der Waals surface area contributed by atoms with Crippen LogP contribution in [-0.4, -0.2) is 10.9 Å². The average molecular weight is 254 g/mol. The van der Waals surface area contributed by atoms with Gasteiger partial charge >= 0.3 is 6.18 Å². The highest BCUT2D eigenvalue weighted by Crippen LogP contribution is 2.27. The summed E-state index contributed by atoms with van der Waals surface area (Å²) < 4.78 is 36.8. The van der Waals surface area contributed by atoms with E-state index in [9.17, 15) is 18.0 Å². The van der Waals surface area contributed by atoms with Crippen LogP contribution in [0.4, 0.5) is 18.9 Å². The lowest BCUT2D eigenvalue weighted by Gasteiger charge is -2.08. The first kappa shape index (κ1) is 12.3. The summed E-state index contributed by atoms with van der Waals surface area (Å²) in [6, 6.07) is 2.01. The zero-order valence-electron chi connectivity index (χ0n) is 9.16. The maximum atomic E-state index is 12.3. The Hall–Kier alpha value is -2.11. The van der Waals surface area contributed by atoms with Crippen molar-refractivity contribution in [2.45, 2.75) is 12.6 Å². The summed E-state index contributed by atoms with van der Waals surface area (Å²) in [6.45, 7) is 0. The smallest absolute Gasteiger partial charge is 0.321 e. The molecule has 1 aliphatic rings. The van der Waals surface area contributed by atoms with Crippen LogP contribution < -0.4 is 5.32 Å². The molecule has 0 atom stereocenters. The number of anilines is 1. The average Bonchev–Trinajstić information content (AvgIpc) is 2.82. The summed E-state index contributed by atoms with van der Waals surface area (Å²) in [6.07, 6.45) is 2.27. The van der Waals surface area contributed by atoms with Gasteiger partial charge in [-0.25, -0.2) is 4.98 Å². The van der Waals surface area contributed by atoms with E-state index in [0.29, 0.717) is 12.0 Å². The highest BCUT2D eigenvalue weighted by molar-refractivity contribution is 6.04. The topological polar surface area (TPSA) is 42.0 Å². The van der Waals surface area contributed by atoms with Gasteiger partial charge in [-0.15, -0.1) is 0 Å². The fourth-order valence-electron chi connectivity index (χ4n) is 1.46. The molecule has 1 aliphatic carbocycles. The van der Waals surface area contributed by atoms with Crippen LogP contribution in [0, 0.1) is 0 Å². The number of hydrogen-bond donors (Lipinski definition) is 1. The van der Waals surface area contributed by atoms with E-state index in [1.165, 1.54) is 6.07 Å². The SMILES string of the molecule is O=C(Nc1ccc(C(F)(F)F)nc1)C1=CC=CC1. The van der Waals surface area contributed by atoms with Gasteiger partial charge in [0, 0.05) is 5.57 Å². The van der Waals surface area contributed by atoms with Crippen LogP contribution in [0.3, 0.4) is 0 Å². The van der Waals surface area contributed by atoms with E-state index in [0.717, 1.165) is 12.3 Å². The Labute approximate surface area is 101 Å². The summed E-state index contributed by atoms with van der Waals surface area (Å²) in [5.74, 6) is -0.332. The van der Waals surface area contributed by atoms with E-state index >= 15 is 0 Å². The van der Waals surface area contributed by atoms with Crippen LogP contribution in [0.15, 0.2) is 42.1 Å². The van der Waals surface area contributed by atoms with Gasteiger partial charge in [0.15, 0.2) is 0 Å². The number of halogens is 3. The minimum atomic E-state index is -4.47. The molecule has 94 valence electrons. The third-order valence-corrected chi connectivity index (χ3v) is 2.37. The van der Waals surface area contributed by atoms with Crippen molar-refractivity contribution in [3.8, 4) is 0 Å². The quantitative estimate of drug-likeness (QED) is 0.881. The van der Waals surface area contributed by atoms with Crippen LogP contribution in [-0.2, 0) is 11.0 Å². The highest BCUT2D eigenvalue weighted by Gasteiger charge is 2.32. The van der Waals surface area contributed by atoms with Crippen LogP contribution in [0.1, 0.15) is 12.1 Å². The minimum Gasteiger partial charge on any atom is -0.321 e. The number of aromatic nitrogens is 1. The number of carbonyl (C=O) groups excluding carboxylic acids is 1. The van der Waals surface area contributed by atoms with E-state index in [1.807, 2.05) is 6.08 Å². The number of alkyl halides is 3. The van der Waals surface area contributed by atoms with Crippen molar-refractivity contribution in [3.05, 3.63) is 47.8 Å². The molecule has 0 radical (unpaired) electrons. The first-order chi connectivity index (χ1) is 8.47. The van der Waals surface area contributed by atoms with Crippen molar-refractivity contribution in [2.75, 3.05) is 5.32 Å². The molecule has 0 spiro atoms. The first-order valence-electron chi connectivity index (χ1n) is 5.17. The molecule has 0 bridgehead atoms. The van der Waals surface area contributed by atoms with Crippen molar-refractivity contribution in [3.63, 3.8) is 0 Å². The molecule has 1 N–H and O–H groups in total. The van der Waals surface area contributed by atoms with Gasteiger partial charge in [-0.1, -0.05) is 18.2 Å². The van der Waals surface area contributed by atoms with Gasteiger partial charge in [0.05, 0.1) is 11.9 Å². The summed E-state index contributed by atoms with van der Waals surface area (Å²) in [4.78, 5) is 14.9. The monoisotopic (exact) mass is 254 g/mol. The normalized spacial score (nSPS) is 14.5. The lowest BCUT2D eigenvalue weighted by Crippen LogP contribution is -2.14. The summed E-state index contributed by atoms with van der Waals surface area (Å²) in [7, 11) is 0. The molecule has 18 heavy (non-hydrogen) atoms. The largest absolute Gasteiger partial charge is 0.433 e. The fourth-order valence-corrected chi connectivity index (χ4v) is 1.46. The molecule has 0 unspecified atom stereocenters. The molecule has 1 aromatic rings. The van der Waals surface area contributed by atoms with Gasteiger partial charge in [-0.3, -0.25) is 4.79 Å². The van der Waals surface area contributed by atoms with Crippen molar-refractivity contribution in [2.24, 2.45) is 0 Å². The number of pyridine rings is 1. The molecule has 0 saturated heterocycles. The molecule has 1 amide bonds. The summed E-state index contributed by atoms with van der Waals surface area (Å²) in [5.41, 5.74) is -0.182. The third kappa shape index (κ3) is 2.77. The lowest BCUT2D eigenvalue weighted by molar-refractivity contribution is -0.141. The predicted octanol–water partition coefficient (Wildman–Crippen LogP) is 2.93. The number of allylic oxidation sites excluding steroid dienone is 3. The molecule has 0 saturated carbocycles. The van der Waals surface area contributed by atoms with Crippen molar-refractivity contribution in [1.29, 1.82) is 0 Å². The second-order valence-electron chi connectivity index (χ2n) is 3.71. The molecule has 1 heterocycles. The van der Waals surface area contributed by atoms with Gasteiger partial charge in [0.1, 0.15) is 5.69 Å². The van der Waals surface area contributed by atoms with E-state index in [4.69, 9.17) is 0 Å². The van der Waals surface area contributed by atoms with E-state index in [2.05, 4.69) is 10.3 Å². The second-order valence-corrected chi connectivity index (χ2v) is 3.71. The standard InChI is InChI=1S/C12H9F3N2O/c13-12(14,15)10-6-5-9(7-16-10)17-11(18)8-3-1-2-4-8/h1-3,5-7H,4H2,(H,17,18). The Morgan fingerprint density at radius 3 is 2.61 bits per heavy atom. The van der Waals surface area contributed by atoms with Gasteiger partial charge < -0.3 is 5.32 Å². The van der Waals surface area contributed by atoms with Gasteiger partial charge in [0.2, 0.25) is 0 Å². The zero-order valence-corrected chi connectivity index (χ0v) is 9.16. The molecular formula is C12H9F3N2O. The van der Waals surface area contributed by atoms with Gasteiger partial charge in [-0.2, -0.15) is 13.2 Å². The highest BCUT2D eigenvalue weighted by atomic mass is 19.4. The Morgan fingerprint density at radius 1 is 1.33 bits per heavy atom. The number of nitrogens with one attached hydrogen (secondary N) is 1. The molecule has 2 rings (SSSR count). The van der Waals surface area contributed by atoms with E-state index in [1.54, 1.807) is 12.2 Å². The minimum absolute atomic E-state index is 0.237. The Morgan fingerprint density at radius 2 is 2.11 bits per heavy atom. The van der Waals surface area contributed by atoms with Crippen LogP contribution in [0.5, 0.6) is 0 Å². The van der Waals surface area contributed by atoms with E-state index in [-0.39, 0.29) is 11.6 Å². The van der Waals surface area contributed by atoms with Crippen molar-refractivity contribution in [1.82, 2.24) is 4.98 Å². The lowest BCUT2D eigenvalue weighted by atomic mass is 10.2. The maximum absolute atomic E-state index is 12.3. The maximum Gasteiger partial charge on any atom is 0.433 e. The second kappa shape index (κ2) is 4.64. The Balaban J connectivity index is 2.05. The zero-order chi connectivity index (χ0) is 13.2. The van der Waals surface area contributed by atoms with Gasteiger partial charge in [-0.05, 0) is 18.6 Å². The first-order valence-corrected chi connectivity index (χ1v) is 5.17. The third-order valence-electron chi connectivity index (χ3n) is 2.37. The van der Waals surface area contributed by atoms with E-state index < -0.39 is 11.9 Å². The van der Waals surface area contributed by atoms with Crippen LogP contribution in [0.25, 0.3) is 0 Å². The van der Waals surface area contributed by atoms with Crippen LogP contribution >= 0.6 is 0 Å². The number of carbonyl (C=O) groups is 1. The number of hydrogen-bond acceptors (Lipinski definition) is 2. The number of amides is 1. The Kier molecular flexibility index (Phi) is 3.18. The molecule has 0 aromatic carbocycles. The molecule has 3 nitrogen and oxygen atoms in total. The predicted molar refractivity (Wildman–Crippen MR) is 59.7 cm³/mol. The van der Waals surface area contributed by atoms with Crippen LogP contribution in [0.2, 0.25) is 0 Å². The Bertz CT molecular complexity index is 515. The number of nitrogens with zero attached hydrogens (tertiary/aromatic N) is 1. The molecule has 0 fully saturated rings. The van der Waals surface area contributed by atoms with Gasteiger partial charge in [0.25, 0.3) is 5.91 Å². The molecule has 0 aliphatic heterocycles. The molecule has 1 aromatic heterocycles. The van der Waals surface area contributed by atoms with Crippen molar-refractivity contribution >= 4 is 11.6 Å². The molecular weight excluding hydrogens is 245 g/mol. The molecule has 6 heteroatoms. The summed E-state index contributed by atoms with van der Waals surface area (Å²) >= 11 is 0.